The molecule has 0 aliphatic rings. The van der Waals surface area contributed by atoms with Gasteiger partial charge in [-0.3, -0.25) is 4.79 Å². The molecule has 0 rings (SSSR count). The number of carbonyl (C=O) groups is 1. The molecule has 0 amide bonds. The molecule has 3 heteroatoms. The number of carbonyl (C=O) groups excluding carboxylic acids is 1. The van der Waals surface area contributed by atoms with E-state index in [2.05, 4.69) is 0 Å². The monoisotopic (exact) mass is 171 g/mol. The van der Waals surface area contributed by atoms with Gasteiger partial charge >= 0.3 is 5.97 Å². The Hall–Kier alpha value is -0.860. The Morgan fingerprint density at radius 3 is 2.50 bits per heavy atom. The molecule has 1 N–H and O–H groups in total. The van der Waals surface area contributed by atoms with E-state index in [-0.39, 0.29) is 12.4 Å². The fourth-order valence-electron chi connectivity index (χ4n) is 0.951. The first-order chi connectivity index (χ1) is 5.56. The standard InChI is InChI=1S/C9H17NO2/c1-4-12-9(11)6-8(10)5-7(2)3/h7,10H,4-6H2,1-3H3. The molecule has 3 nitrogen and oxygen atoms in total. The largest absolute Gasteiger partial charge is 0.466 e. The molecule has 70 valence electrons. The summed E-state index contributed by atoms with van der Waals surface area (Å²) in [5.41, 5.74) is 0.462. The van der Waals surface area contributed by atoms with E-state index in [4.69, 9.17) is 10.1 Å². The molecule has 0 aromatic heterocycles. The molecule has 0 heterocycles. The zero-order valence-electron chi connectivity index (χ0n) is 8.02. The Balaban J connectivity index is 3.62. The van der Waals surface area contributed by atoms with Crippen LogP contribution in [0.1, 0.15) is 33.6 Å². The normalized spacial score (nSPS) is 10.0. The summed E-state index contributed by atoms with van der Waals surface area (Å²) in [7, 11) is 0. The number of hydrogen-bond donors (Lipinski definition) is 1. The van der Waals surface area contributed by atoms with Gasteiger partial charge < -0.3 is 10.1 Å². The number of ether oxygens (including phenoxy) is 1. The van der Waals surface area contributed by atoms with Gasteiger partial charge in [0.05, 0.1) is 13.0 Å². The lowest BCUT2D eigenvalue weighted by Crippen LogP contribution is -2.12. The van der Waals surface area contributed by atoms with Crippen molar-refractivity contribution in [2.45, 2.75) is 33.6 Å². The zero-order valence-corrected chi connectivity index (χ0v) is 8.02. The van der Waals surface area contributed by atoms with Crippen LogP contribution < -0.4 is 0 Å². The fraction of sp³-hybridized carbons (Fsp3) is 0.778. The molecule has 12 heavy (non-hydrogen) atoms. The van der Waals surface area contributed by atoms with Gasteiger partial charge in [0.1, 0.15) is 0 Å². The van der Waals surface area contributed by atoms with Crippen molar-refractivity contribution in [2.24, 2.45) is 5.92 Å². The highest BCUT2D eigenvalue weighted by Crippen LogP contribution is 2.03. The lowest BCUT2D eigenvalue weighted by Gasteiger charge is -2.05. The SMILES string of the molecule is CCOC(=O)CC(=N)CC(C)C. The average Bonchev–Trinajstić information content (AvgIpc) is 1.84. The van der Waals surface area contributed by atoms with Crippen LogP contribution in [-0.4, -0.2) is 18.3 Å². The quantitative estimate of drug-likeness (QED) is 0.508. The Kier molecular flexibility index (Phi) is 5.34. The minimum atomic E-state index is -0.289. The lowest BCUT2D eigenvalue weighted by atomic mass is 10.0. The van der Waals surface area contributed by atoms with Gasteiger partial charge in [0.2, 0.25) is 0 Å². The molecule has 0 saturated heterocycles. The van der Waals surface area contributed by atoms with Crippen LogP contribution in [0.25, 0.3) is 0 Å². The summed E-state index contributed by atoms with van der Waals surface area (Å²) in [6, 6.07) is 0. The zero-order chi connectivity index (χ0) is 9.56. The minimum Gasteiger partial charge on any atom is -0.466 e. The van der Waals surface area contributed by atoms with Crippen molar-refractivity contribution in [3.8, 4) is 0 Å². The van der Waals surface area contributed by atoms with Crippen molar-refractivity contribution in [3.05, 3.63) is 0 Å². The van der Waals surface area contributed by atoms with Crippen LogP contribution in [0.15, 0.2) is 0 Å². The molecule has 0 bridgehead atoms. The van der Waals surface area contributed by atoms with Gasteiger partial charge in [-0.15, -0.1) is 0 Å². The second-order valence-electron chi connectivity index (χ2n) is 3.18. The van der Waals surface area contributed by atoms with Crippen molar-refractivity contribution in [1.29, 1.82) is 5.41 Å². The van der Waals surface area contributed by atoms with E-state index >= 15 is 0 Å². The first-order valence-electron chi connectivity index (χ1n) is 4.28. The summed E-state index contributed by atoms with van der Waals surface area (Å²) >= 11 is 0. The lowest BCUT2D eigenvalue weighted by molar-refractivity contribution is -0.141. The van der Waals surface area contributed by atoms with Crippen LogP contribution in [0.5, 0.6) is 0 Å². The fourth-order valence-corrected chi connectivity index (χ4v) is 0.951. The van der Waals surface area contributed by atoms with Crippen LogP contribution in [0.4, 0.5) is 0 Å². The summed E-state index contributed by atoms with van der Waals surface area (Å²) in [5, 5.41) is 7.43. The Bertz CT molecular complexity index is 164. The molecule has 0 aliphatic carbocycles. The Morgan fingerprint density at radius 1 is 1.50 bits per heavy atom. The maximum Gasteiger partial charge on any atom is 0.311 e. The van der Waals surface area contributed by atoms with Gasteiger partial charge in [-0.05, 0) is 19.3 Å². The van der Waals surface area contributed by atoms with Gasteiger partial charge in [-0.25, -0.2) is 0 Å². The highest BCUT2D eigenvalue weighted by atomic mass is 16.5. The van der Waals surface area contributed by atoms with Crippen molar-refractivity contribution in [2.75, 3.05) is 6.61 Å². The average molecular weight is 171 g/mol. The summed E-state index contributed by atoms with van der Waals surface area (Å²) in [6.07, 6.45) is 0.824. The molecule has 0 aliphatic heterocycles. The molecule has 0 aromatic rings. The van der Waals surface area contributed by atoms with Gasteiger partial charge in [-0.2, -0.15) is 0 Å². The number of hydrogen-bond acceptors (Lipinski definition) is 3. The summed E-state index contributed by atoms with van der Waals surface area (Å²) in [6.45, 7) is 6.22. The number of esters is 1. The molecule has 0 fully saturated rings. The summed E-state index contributed by atoms with van der Waals surface area (Å²) < 4.78 is 4.71. The first-order valence-corrected chi connectivity index (χ1v) is 4.28. The molecule has 0 atom stereocenters. The molecule has 0 aromatic carbocycles. The van der Waals surface area contributed by atoms with Crippen LogP contribution in [0.2, 0.25) is 0 Å². The van der Waals surface area contributed by atoms with Gasteiger partial charge in [0.25, 0.3) is 0 Å². The third-order valence-electron chi connectivity index (χ3n) is 1.32. The molecule has 0 spiro atoms. The number of nitrogens with one attached hydrogen (secondary N) is 1. The van der Waals surface area contributed by atoms with Crippen molar-refractivity contribution < 1.29 is 9.53 Å². The highest BCUT2D eigenvalue weighted by molar-refractivity contribution is 5.97. The minimum absolute atomic E-state index is 0.145. The van der Waals surface area contributed by atoms with E-state index in [0.717, 1.165) is 0 Å². The van der Waals surface area contributed by atoms with Crippen LogP contribution in [0, 0.1) is 11.3 Å². The van der Waals surface area contributed by atoms with Crippen LogP contribution in [0.3, 0.4) is 0 Å². The van der Waals surface area contributed by atoms with Gasteiger partial charge in [0, 0.05) is 5.71 Å². The van der Waals surface area contributed by atoms with E-state index in [1.54, 1.807) is 6.92 Å². The number of rotatable bonds is 5. The topological polar surface area (TPSA) is 50.2 Å². The van der Waals surface area contributed by atoms with E-state index in [1.807, 2.05) is 13.8 Å². The van der Waals surface area contributed by atoms with E-state index in [9.17, 15) is 4.79 Å². The van der Waals surface area contributed by atoms with E-state index < -0.39 is 0 Å². The molecule has 0 unspecified atom stereocenters. The maximum absolute atomic E-state index is 10.9. The van der Waals surface area contributed by atoms with Gasteiger partial charge in [-0.1, -0.05) is 13.8 Å². The predicted octanol–water partition coefficient (Wildman–Crippen LogP) is 2.01. The van der Waals surface area contributed by atoms with E-state index in [0.29, 0.717) is 24.7 Å². The maximum atomic E-state index is 10.9. The predicted molar refractivity (Wildman–Crippen MR) is 48.4 cm³/mol. The molecule has 0 saturated carbocycles. The van der Waals surface area contributed by atoms with Crippen molar-refractivity contribution in [1.82, 2.24) is 0 Å². The third kappa shape index (κ3) is 5.89. The summed E-state index contributed by atoms with van der Waals surface area (Å²) in [5.74, 6) is 0.148. The van der Waals surface area contributed by atoms with Gasteiger partial charge in [0.15, 0.2) is 0 Å². The van der Waals surface area contributed by atoms with Crippen molar-refractivity contribution >= 4 is 11.7 Å². The smallest absolute Gasteiger partial charge is 0.311 e. The highest BCUT2D eigenvalue weighted by Gasteiger charge is 2.07. The van der Waals surface area contributed by atoms with E-state index in [1.165, 1.54) is 0 Å². The summed E-state index contributed by atoms with van der Waals surface area (Å²) in [4.78, 5) is 10.9. The Labute approximate surface area is 73.6 Å². The first kappa shape index (κ1) is 11.1. The molecule has 0 radical (unpaired) electrons. The second-order valence-corrected chi connectivity index (χ2v) is 3.18. The third-order valence-corrected chi connectivity index (χ3v) is 1.32. The molecular formula is C9H17NO2. The second kappa shape index (κ2) is 5.75. The van der Waals surface area contributed by atoms with Crippen LogP contribution >= 0.6 is 0 Å². The van der Waals surface area contributed by atoms with Crippen molar-refractivity contribution in [3.63, 3.8) is 0 Å². The Morgan fingerprint density at radius 2 is 2.08 bits per heavy atom. The molecular weight excluding hydrogens is 154 g/mol. The van der Waals surface area contributed by atoms with Crippen LogP contribution in [-0.2, 0) is 9.53 Å².